The molecule has 2 N–H and O–H groups in total. The molecule has 3 aromatic rings. The molecular weight excluding hydrogens is 336 g/mol. The summed E-state index contributed by atoms with van der Waals surface area (Å²) >= 11 is 0. The van der Waals surface area contributed by atoms with Gasteiger partial charge in [0.1, 0.15) is 0 Å². The third-order valence-corrected chi connectivity index (χ3v) is 5.69. The number of aromatic nitrogens is 1. The van der Waals surface area contributed by atoms with E-state index < -0.39 is 5.97 Å². The lowest BCUT2D eigenvalue weighted by Gasteiger charge is -2.44. The highest BCUT2D eigenvalue weighted by Crippen LogP contribution is 2.46. The quantitative estimate of drug-likeness (QED) is 0.672. The smallest absolute Gasteiger partial charge is 0.335 e. The lowest BCUT2D eigenvalue weighted by Crippen LogP contribution is -2.37. The molecule has 4 heteroatoms. The van der Waals surface area contributed by atoms with E-state index in [0.717, 1.165) is 17.7 Å². The first-order valence-corrected chi connectivity index (χ1v) is 9.22. The van der Waals surface area contributed by atoms with Crippen molar-refractivity contribution in [3.63, 3.8) is 0 Å². The fourth-order valence-electron chi connectivity index (χ4n) is 4.14. The zero-order valence-corrected chi connectivity index (χ0v) is 15.9. The van der Waals surface area contributed by atoms with E-state index in [1.54, 1.807) is 12.1 Å². The number of fused-ring (bicyclic) bond motifs is 1. The predicted octanol–water partition coefficient (Wildman–Crippen LogP) is 5.24. The second-order valence-electron chi connectivity index (χ2n) is 7.94. The minimum Gasteiger partial charge on any atom is -0.478 e. The molecule has 2 aromatic carbocycles. The second kappa shape index (κ2) is 6.31. The number of carboxylic acids is 1. The maximum absolute atomic E-state index is 11.0. The van der Waals surface area contributed by atoms with Gasteiger partial charge < -0.3 is 15.0 Å². The highest BCUT2D eigenvalue weighted by molar-refractivity contribution is 5.88. The van der Waals surface area contributed by atoms with Crippen LogP contribution in [-0.4, -0.2) is 23.1 Å². The Balaban J connectivity index is 1.66. The minimum absolute atomic E-state index is 0.0994. The Bertz CT molecular complexity index is 986. The summed E-state index contributed by atoms with van der Waals surface area (Å²) in [5.74, 6) is -0.904. The van der Waals surface area contributed by atoms with Gasteiger partial charge in [-0.1, -0.05) is 44.2 Å². The summed E-state index contributed by atoms with van der Waals surface area (Å²) in [6.45, 7) is 4.61. The van der Waals surface area contributed by atoms with E-state index in [4.69, 9.17) is 5.11 Å². The number of H-pyrrole nitrogens is 1. The SMILES string of the molecule is CN1c2ccccc2C(C)(C)CC1c1ccc(-c2ccc(C(=O)O)cc2)[nH]1. The number of benzene rings is 2. The van der Waals surface area contributed by atoms with Crippen LogP contribution in [0, 0.1) is 0 Å². The molecule has 4 nitrogen and oxygen atoms in total. The summed E-state index contributed by atoms with van der Waals surface area (Å²) in [6, 6.07) is 20.1. The van der Waals surface area contributed by atoms with Gasteiger partial charge in [-0.25, -0.2) is 4.79 Å². The highest BCUT2D eigenvalue weighted by atomic mass is 16.4. The zero-order chi connectivity index (χ0) is 19.2. The molecule has 1 atom stereocenters. The summed E-state index contributed by atoms with van der Waals surface area (Å²) in [7, 11) is 2.15. The molecule has 4 rings (SSSR count). The Morgan fingerprint density at radius 3 is 2.48 bits per heavy atom. The summed E-state index contributed by atoms with van der Waals surface area (Å²) in [5, 5.41) is 9.07. The largest absolute Gasteiger partial charge is 0.478 e. The van der Waals surface area contributed by atoms with E-state index in [9.17, 15) is 4.79 Å². The van der Waals surface area contributed by atoms with Crippen molar-refractivity contribution in [3.05, 3.63) is 77.5 Å². The predicted molar refractivity (Wildman–Crippen MR) is 108 cm³/mol. The van der Waals surface area contributed by atoms with Crippen molar-refractivity contribution in [2.45, 2.75) is 31.7 Å². The molecule has 0 radical (unpaired) electrons. The number of aromatic carboxylic acids is 1. The van der Waals surface area contributed by atoms with E-state index in [-0.39, 0.29) is 11.5 Å². The Hall–Kier alpha value is -3.01. The maximum atomic E-state index is 11.0. The van der Waals surface area contributed by atoms with Crippen molar-refractivity contribution < 1.29 is 9.90 Å². The van der Waals surface area contributed by atoms with Crippen molar-refractivity contribution in [2.75, 3.05) is 11.9 Å². The van der Waals surface area contributed by atoms with Gasteiger partial charge in [0.2, 0.25) is 0 Å². The molecule has 0 aliphatic carbocycles. The van der Waals surface area contributed by atoms with E-state index in [1.165, 1.54) is 16.9 Å². The zero-order valence-electron chi connectivity index (χ0n) is 15.9. The second-order valence-corrected chi connectivity index (χ2v) is 7.94. The van der Waals surface area contributed by atoms with Crippen LogP contribution in [0.25, 0.3) is 11.3 Å². The molecule has 0 fully saturated rings. The fraction of sp³-hybridized carbons (Fsp3) is 0.261. The van der Waals surface area contributed by atoms with Crippen LogP contribution in [0.5, 0.6) is 0 Å². The molecule has 2 heterocycles. The van der Waals surface area contributed by atoms with Crippen LogP contribution in [0.3, 0.4) is 0 Å². The molecule has 1 aliphatic heterocycles. The van der Waals surface area contributed by atoms with E-state index in [2.05, 4.69) is 67.2 Å². The molecule has 0 saturated carbocycles. The monoisotopic (exact) mass is 360 g/mol. The van der Waals surface area contributed by atoms with Gasteiger partial charge in [0.25, 0.3) is 0 Å². The van der Waals surface area contributed by atoms with Crippen LogP contribution < -0.4 is 4.90 Å². The van der Waals surface area contributed by atoms with Gasteiger partial charge in [-0.2, -0.15) is 0 Å². The minimum atomic E-state index is -0.904. The molecule has 1 aliphatic rings. The van der Waals surface area contributed by atoms with E-state index in [1.807, 2.05) is 12.1 Å². The Morgan fingerprint density at radius 1 is 1.07 bits per heavy atom. The molecule has 0 amide bonds. The topological polar surface area (TPSA) is 56.3 Å². The Morgan fingerprint density at radius 2 is 1.78 bits per heavy atom. The number of nitrogens with one attached hydrogen (secondary N) is 1. The highest BCUT2D eigenvalue weighted by Gasteiger charge is 2.36. The summed E-state index contributed by atoms with van der Waals surface area (Å²) in [6.07, 6.45) is 1.03. The van der Waals surface area contributed by atoms with Crippen molar-refractivity contribution in [2.24, 2.45) is 0 Å². The molecule has 138 valence electrons. The van der Waals surface area contributed by atoms with Gasteiger partial charge in [-0.3, -0.25) is 0 Å². The first-order chi connectivity index (χ1) is 12.9. The molecule has 27 heavy (non-hydrogen) atoms. The van der Waals surface area contributed by atoms with Gasteiger partial charge in [-0.15, -0.1) is 0 Å². The molecule has 1 aromatic heterocycles. The number of anilines is 1. The van der Waals surface area contributed by atoms with Crippen molar-refractivity contribution in [1.29, 1.82) is 0 Å². The number of nitrogens with zero attached hydrogens (tertiary/aromatic N) is 1. The van der Waals surface area contributed by atoms with Crippen molar-refractivity contribution in [3.8, 4) is 11.3 Å². The number of carboxylic acid groups (broad SMARTS) is 1. The summed E-state index contributed by atoms with van der Waals surface area (Å²) in [4.78, 5) is 17.0. The molecular formula is C23H24N2O2. The van der Waals surface area contributed by atoms with Crippen LogP contribution in [-0.2, 0) is 5.41 Å². The van der Waals surface area contributed by atoms with E-state index in [0.29, 0.717) is 5.56 Å². The van der Waals surface area contributed by atoms with E-state index >= 15 is 0 Å². The molecule has 0 spiro atoms. The first kappa shape index (κ1) is 17.4. The first-order valence-electron chi connectivity index (χ1n) is 9.22. The molecule has 0 bridgehead atoms. The van der Waals surface area contributed by atoms with Crippen molar-refractivity contribution >= 4 is 11.7 Å². The van der Waals surface area contributed by atoms with Gasteiger partial charge in [0, 0.05) is 24.1 Å². The van der Waals surface area contributed by atoms with Gasteiger partial charge in [-0.05, 0) is 53.3 Å². The summed E-state index contributed by atoms with van der Waals surface area (Å²) in [5.41, 5.74) is 6.24. The van der Waals surface area contributed by atoms with Gasteiger partial charge >= 0.3 is 5.97 Å². The van der Waals surface area contributed by atoms with Crippen LogP contribution in [0.4, 0.5) is 5.69 Å². The third kappa shape index (κ3) is 3.01. The van der Waals surface area contributed by atoms with Gasteiger partial charge in [0.05, 0.1) is 11.6 Å². The average molecular weight is 360 g/mol. The number of rotatable bonds is 3. The molecule has 0 saturated heterocycles. The maximum Gasteiger partial charge on any atom is 0.335 e. The third-order valence-electron chi connectivity index (χ3n) is 5.69. The van der Waals surface area contributed by atoms with Crippen LogP contribution in [0.1, 0.15) is 47.9 Å². The van der Waals surface area contributed by atoms with Crippen LogP contribution in [0.2, 0.25) is 0 Å². The number of para-hydroxylation sites is 1. The summed E-state index contributed by atoms with van der Waals surface area (Å²) < 4.78 is 0. The van der Waals surface area contributed by atoms with Crippen LogP contribution >= 0.6 is 0 Å². The Labute approximate surface area is 159 Å². The fourth-order valence-corrected chi connectivity index (χ4v) is 4.14. The molecule has 1 unspecified atom stereocenters. The number of carbonyl (C=O) groups is 1. The van der Waals surface area contributed by atoms with Crippen molar-refractivity contribution in [1.82, 2.24) is 4.98 Å². The normalized spacial score (nSPS) is 18.2. The lowest BCUT2D eigenvalue weighted by atomic mass is 9.74. The number of aromatic amines is 1. The average Bonchev–Trinajstić information content (AvgIpc) is 3.15. The Kier molecular flexibility index (Phi) is 4.06. The number of hydrogen-bond acceptors (Lipinski definition) is 2. The standard InChI is InChI=1S/C23H24N2O2/c1-23(2)14-21(25(3)20-7-5-4-6-17(20)23)19-13-12-18(24-19)15-8-10-16(11-9-15)22(26)27/h4-13,21,24H,14H2,1-3H3,(H,26,27). The van der Waals surface area contributed by atoms with Gasteiger partial charge in [0.15, 0.2) is 0 Å². The van der Waals surface area contributed by atoms with Crippen LogP contribution in [0.15, 0.2) is 60.7 Å². The number of hydrogen-bond donors (Lipinski definition) is 2. The lowest BCUT2D eigenvalue weighted by molar-refractivity contribution is 0.0697.